The molecule has 0 saturated carbocycles. The van der Waals surface area contributed by atoms with E-state index < -0.39 is 21.7 Å². The molecule has 0 aliphatic carbocycles. The summed E-state index contributed by atoms with van der Waals surface area (Å²) in [6.07, 6.45) is 1.30. The van der Waals surface area contributed by atoms with Crippen LogP contribution < -0.4 is 4.72 Å². The maximum atomic E-state index is 11.4. The Balaban J connectivity index is 4.11. The molecule has 2 N–H and O–H groups in total. The fourth-order valence-corrected chi connectivity index (χ4v) is 2.16. The van der Waals surface area contributed by atoms with Gasteiger partial charge in [-0.1, -0.05) is 13.3 Å². The smallest absolute Gasteiger partial charge is 0.322 e. The lowest BCUT2D eigenvalue weighted by atomic mass is 10.0. The standard InChI is InChI=1S/C9H19NO5S/c1-3-8(4-5-11)6-10-16(13,14)7-9(12)15-2/h8,10-11H,3-7H2,1-2H3. The van der Waals surface area contributed by atoms with Crippen LogP contribution in [0.3, 0.4) is 0 Å². The van der Waals surface area contributed by atoms with Gasteiger partial charge in [-0.2, -0.15) is 0 Å². The lowest BCUT2D eigenvalue weighted by Gasteiger charge is -2.13. The van der Waals surface area contributed by atoms with Crippen LogP contribution in [0.25, 0.3) is 0 Å². The minimum absolute atomic E-state index is 0.0250. The predicted molar refractivity (Wildman–Crippen MR) is 59.3 cm³/mol. The average molecular weight is 253 g/mol. The summed E-state index contributed by atoms with van der Waals surface area (Å²) >= 11 is 0. The zero-order valence-corrected chi connectivity index (χ0v) is 10.4. The van der Waals surface area contributed by atoms with Gasteiger partial charge in [0.2, 0.25) is 10.0 Å². The number of hydrogen-bond acceptors (Lipinski definition) is 5. The number of aliphatic hydroxyl groups is 1. The lowest BCUT2D eigenvalue weighted by molar-refractivity contribution is -0.137. The van der Waals surface area contributed by atoms with Crippen LogP contribution in [0.15, 0.2) is 0 Å². The van der Waals surface area contributed by atoms with E-state index in [0.717, 1.165) is 13.5 Å². The van der Waals surface area contributed by atoms with E-state index in [4.69, 9.17) is 5.11 Å². The third kappa shape index (κ3) is 6.76. The largest absolute Gasteiger partial charge is 0.468 e. The van der Waals surface area contributed by atoms with Gasteiger partial charge >= 0.3 is 5.97 Å². The highest BCUT2D eigenvalue weighted by atomic mass is 32.2. The van der Waals surface area contributed by atoms with Gasteiger partial charge in [0.05, 0.1) is 7.11 Å². The molecule has 0 spiro atoms. The number of ether oxygens (including phenoxy) is 1. The zero-order valence-electron chi connectivity index (χ0n) is 9.60. The Labute approximate surface area is 96.0 Å². The van der Waals surface area contributed by atoms with Gasteiger partial charge in [0, 0.05) is 13.2 Å². The topological polar surface area (TPSA) is 92.7 Å². The molecule has 7 heteroatoms. The van der Waals surface area contributed by atoms with Crippen LogP contribution in [-0.2, 0) is 19.6 Å². The van der Waals surface area contributed by atoms with Gasteiger partial charge in [0.1, 0.15) is 0 Å². The first-order chi connectivity index (χ1) is 7.45. The van der Waals surface area contributed by atoms with Crippen molar-refractivity contribution >= 4 is 16.0 Å². The second kappa shape index (κ2) is 7.59. The quantitative estimate of drug-likeness (QED) is 0.568. The molecular formula is C9H19NO5S. The number of sulfonamides is 1. The summed E-state index contributed by atoms with van der Waals surface area (Å²) < 4.78 is 29.3. The fourth-order valence-electron chi connectivity index (χ4n) is 1.14. The lowest BCUT2D eigenvalue weighted by Crippen LogP contribution is -2.34. The Hall–Kier alpha value is -0.660. The van der Waals surface area contributed by atoms with Crippen LogP contribution in [0.2, 0.25) is 0 Å². The van der Waals surface area contributed by atoms with Crippen molar-refractivity contribution in [3.8, 4) is 0 Å². The molecular weight excluding hydrogens is 234 g/mol. The van der Waals surface area contributed by atoms with Crippen molar-refractivity contribution < 1.29 is 23.1 Å². The number of nitrogens with one attached hydrogen (secondary N) is 1. The number of hydrogen-bond donors (Lipinski definition) is 2. The highest BCUT2D eigenvalue weighted by Crippen LogP contribution is 2.06. The van der Waals surface area contributed by atoms with Gasteiger partial charge in [0.25, 0.3) is 0 Å². The molecule has 1 unspecified atom stereocenters. The van der Waals surface area contributed by atoms with Gasteiger partial charge < -0.3 is 9.84 Å². The summed E-state index contributed by atoms with van der Waals surface area (Å²) in [5.74, 6) is -1.38. The Bertz CT molecular complexity index is 301. The summed E-state index contributed by atoms with van der Waals surface area (Å²) in [5, 5.41) is 8.73. The molecule has 0 aromatic heterocycles. The number of carbonyl (C=O) groups excluding carboxylic acids is 1. The van der Waals surface area contributed by atoms with Crippen molar-refractivity contribution in [2.75, 3.05) is 26.0 Å². The zero-order chi connectivity index (χ0) is 12.6. The third-order valence-corrected chi connectivity index (χ3v) is 3.46. The highest BCUT2D eigenvalue weighted by molar-refractivity contribution is 7.90. The Morgan fingerprint density at radius 2 is 2.12 bits per heavy atom. The summed E-state index contributed by atoms with van der Waals surface area (Å²) in [4.78, 5) is 10.8. The molecule has 0 radical (unpaired) electrons. The predicted octanol–water partition coefficient (Wildman–Crippen LogP) is -0.513. The van der Waals surface area contributed by atoms with E-state index in [9.17, 15) is 13.2 Å². The molecule has 0 aliphatic heterocycles. The first kappa shape index (κ1) is 15.3. The third-order valence-electron chi connectivity index (χ3n) is 2.24. The van der Waals surface area contributed by atoms with Gasteiger partial charge in [-0.25, -0.2) is 13.1 Å². The molecule has 0 fully saturated rings. The molecule has 0 aliphatic rings. The Morgan fingerprint density at radius 3 is 2.56 bits per heavy atom. The summed E-state index contributed by atoms with van der Waals surface area (Å²) in [5.41, 5.74) is 0. The van der Waals surface area contributed by atoms with E-state index in [1.807, 2.05) is 6.92 Å². The highest BCUT2D eigenvalue weighted by Gasteiger charge is 2.18. The van der Waals surface area contributed by atoms with Gasteiger partial charge in [0.15, 0.2) is 5.75 Å². The number of carbonyl (C=O) groups is 1. The summed E-state index contributed by atoms with van der Waals surface area (Å²) in [6, 6.07) is 0. The average Bonchev–Trinajstić information content (AvgIpc) is 2.23. The number of rotatable bonds is 8. The minimum Gasteiger partial charge on any atom is -0.468 e. The first-order valence-corrected chi connectivity index (χ1v) is 6.75. The van der Waals surface area contributed by atoms with Gasteiger partial charge in [-0.3, -0.25) is 4.79 Å². The molecule has 16 heavy (non-hydrogen) atoms. The second-order valence-corrected chi connectivity index (χ2v) is 5.28. The molecule has 96 valence electrons. The van der Waals surface area contributed by atoms with E-state index in [1.165, 1.54) is 0 Å². The number of esters is 1. The van der Waals surface area contributed by atoms with Crippen LogP contribution in [0.4, 0.5) is 0 Å². The van der Waals surface area contributed by atoms with Crippen LogP contribution in [-0.4, -0.2) is 45.5 Å². The molecule has 6 nitrogen and oxygen atoms in total. The van der Waals surface area contributed by atoms with Gasteiger partial charge in [-0.15, -0.1) is 0 Å². The second-order valence-electron chi connectivity index (χ2n) is 3.47. The molecule has 0 bridgehead atoms. The number of aliphatic hydroxyl groups excluding tert-OH is 1. The summed E-state index contributed by atoms with van der Waals surface area (Å²) in [7, 11) is -2.49. The van der Waals surface area contributed by atoms with Crippen LogP contribution >= 0.6 is 0 Å². The fraction of sp³-hybridized carbons (Fsp3) is 0.889. The molecule has 0 amide bonds. The SMILES string of the molecule is CCC(CCO)CNS(=O)(=O)CC(=O)OC. The minimum atomic E-state index is -3.62. The van der Waals surface area contributed by atoms with Gasteiger partial charge in [-0.05, 0) is 12.3 Å². The van der Waals surface area contributed by atoms with E-state index in [1.54, 1.807) is 0 Å². The van der Waals surface area contributed by atoms with Crippen molar-refractivity contribution in [2.24, 2.45) is 5.92 Å². The molecule has 0 heterocycles. The van der Waals surface area contributed by atoms with E-state index in [-0.39, 0.29) is 19.1 Å². The summed E-state index contributed by atoms with van der Waals surface area (Å²) in [6.45, 7) is 2.17. The molecule has 1 atom stereocenters. The van der Waals surface area contributed by atoms with Crippen LogP contribution in [0.5, 0.6) is 0 Å². The molecule has 0 saturated heterocycles. The molecule has 0 aromatic carbocycles. The van der Waals surface area contributed by atoms with Crippen molar-refractivity contribution in [2.45, 2.75) is 19.8 Å². The van der Waals surface area contributed by atoms with Crippen molar-refractivity contribution in [1.29, 1.82) is 0 Å². The van der Waals surface area contributed by atoms with E-state index in [0.29, 0.717) is 6.42 Å². The van der Waals surface area contributed by atoms with Crippen molar-refractivity contribution in [1.82, 2.24) is 4.72 Å². The molecule has 0 aromatic rings. The first-order valence-electron chi connectivity index (χ1n) is 5.10. The maximum absolute atomic E-state index is 11.4. The Kier molecular flexibility index (Phi) is 7.27. The van der Waals surface area contributed by atoms with Crippen molar-refractivity contribution in [3.63, 3.8) is 0 Å². The normalized spacial score (nSPS) is 13.4. The van der Waals surface area contributed by atoms with E-state index in [2.05, 4.69) is 9.46 Å². The Morgan fingerprint density at radius 1 is 1.50 bits per heavy atom. The van der Waals surface area contributed by atoms with Crippen LogP contribution in [0, 0.1) is 5.92 Å². The van der Waals surface area contributed by atoms with Crippen molar-refractivity contribution in [3.05, 3.63) is 0 Å². The molecule has 0 rings (SSSR count). The number of methoxy groups -OCH3 is 1. The monoisotopic (exact) mass is 253 g/mol. The van der Waals surface area contributed by atoms with E-state index >= 15 is 0 Å². The maximum Gasteiger partial charge on any atom is 0.322 e. The van der Waals surface area contributed by atoms with Crippen LogP contribution in [0.1, 0.15) is 19.8 Å².